The Hall–Kier alpha value is -1.47. The van der Waals surface area contributed by atoms with Crippen LogP contribution in [0.25, 0.3) is 0 Å². The van der Waals surface area contributed by atoms with E-state index in [9.17, 15) is 17.6 Å². The van der Waals surface area contributed by atoms with Crippen molar-refractivity contribution >= 4 is 15.9 Å². The van der Waals surface area contributed by atoms with E-state index in [-0.39, 0.29) is 23.5 Å². The van der Waals surface area contributed by atoms with Crippen molar-refractivity contribution in [1.82, 2.24) is 9.21 Å². The third kappa shape index (κ3) is 4.58. The first kappa shape index (κ1) is 18.3. The topological polar surface area (TPSA) is 57.7 Å². The van der Waals surface area contributed by atoms with Crippen LogP contribution in [-0.2, 0) is 20.6 Å². The average molecular weight is 368 g/mol. The third-order valence-electron chi connectivity index (χ3n) is 5.10. The Morgan fingerprint density at radius 3 is 2.52 bits per heavy atom. The summed E-state index contributed by atoms with van der Waals surface area (Å²) in [5.41, 5.74) is 0.598. The van der Waals surface area contributed by atoms with E-state index in [1.165, 1.54) is 24.3 Å². The molecule has 2 saturated heterocycles. The lowest BCUT2D eigenvalue weighted by Crippen LogP contribution is -2.45. The van der Waals surface area contributed by atoms with Crippen molar-refractivity contribution in [2.75, 3.05) is 19.6 Å². The molecule has 5 nitrogen and oxygen atoms in total. The fraction of sp³-hybridized carbons (Fsp3) is 0.611. The van der Waals surface area contributed by atoms with Crippen molar-refractivity contribution in [2.24, 2.45) is 0 Å². The summed E-state index contributed by atoms with van der Waals surface area (Å²) in [7, 11) is -3.45. The number of piperidine rings is 1. The van der Waals surface area contributed by atoms with Gasteiger partial charge in [-0.25, -0.2) is 12.8 Å². The molecule has 0 N–H and O–H groups in total. The molecule has 0 saturated carbocycles. The number of likely N-dealkylation sites (tertiary alicyclic amines) is 1. The first-order chi connectivity index (χ1) is 12.0. The second-order valence-electron chi connectivity index (χ2n) is 6.92. The van der Waals surface area contributed by atoms with Gasteiger partial charge in [0, 0.05) is 32.1 Å². The predicted molar refractivity (Wildman–Crippen MR) is 93.8 cm³/mol. The monoisotopic (exact) mass is 368 g/mol. The number of hydrogen-bond acceptors (Lipinski definition) is 3. The van der Waals surface area contributed by atoms with E-state index in [0.29, 0.717) is 31.5 Å². The van der Waals surface area contributed by atoms with Crippen LogP contribution >= 0.6 is 0 Å². The van der Waals surface area contributed by atoms with Crippen LogP contribution < -0.4 is 0 Å². The number of nitrogens with zero attached hydrogens (tertiary/aromatic N) is 2. The average Bonchev–Trinajstić information content (AvgIpc) is 3.00. The van der Waals surface area contributed by atoms with Crippen molar-refractivity contribution in [3.63, 3.8) is 0 Å². The molecule has 1 amide bonds. The maximum atomic E-state index is 13.0. The Kier molecular flexibility index (Phi) is 5.74. The smallest absolute Gasteiger partial charge is 0.222 e. The quantitative estimate of drug-likeness (QED) is 0.775. The van der Waals surface area contributed by atoms with Crippen LogP contribution in [0.5, 0.6) is 0 Å². The zero-order chi connectivity index (χ0) is 17.9. The highest BCUT2D eigenvalue weighted by Gasteiger charge is 2.33. The molecule has 1 aromatic rings. The van der Waals surface area contributed by atoms with E-state index in [2.05, 4.69) is 0 Å². The summed E-state index contributed by atoms with van der Waals surface area (Å²) in [6.45, 7) is 1.95. The molecule has 2 fully saturated rings. The van der Waals surface area contributed by atoms with Crippen molar-refractivity contribution in [3.8, 4) is 0 Å². The molecule has 138 valence electrons. The van der Waals surface area contributed by atoms with Gasteiger partial charge in [-0.2, -0.15) is 4.31 Å². The van der Waals surface area contributed by atoms with Crippen LogP contribution in [0.1, 0.15) is 44.1 Å². The Morgan fingerprint density at radius 1 is 1.08 bits per heavy atom. The lowest BCUT2D eigenvalue weighted by Gasteiger charge is -2.35. The molecule has 1 aromatic carbocycles. The van der Waals surface area contributed by atoms with E-state index in [1.807, 2.05) is 4.90 Å². The van der Waals surface area contributed by atoms with E-state index >= 15 is 0 Å². The molecule has 7 heteroatoms. The van der Waals surface area contributed by atoms with Gasteiger partial charge < -0.3 is 4.90 Å². The molecule has 0 bridgehead atoms. The number of sulfonamides is 1. The molecule has 0 radical (unpaired) electrons. The van der Waals surface area contributed by atoms with Crippen LogP contribution in [0.15, 0.2) is 24.3 Å². The Bertz CT molecular complexity index is 706. The summed E-state index contributed by atoms with van der Waals surface area (Å²) in [6.07, 6.45) is 4.91. The van der Waals surface area contributed by atoms with E-state index in [0.717, 1.165) is 32.2 Å². The normalized spacial score (nSPS) is 22.5. The molecule has 1 atom stereocenters. The van der Waals surface area contributed by atoms with Crippen LogP contribution in [0, 0.1) is 5.82 Å². The number of rotatable bonds is 6. The Morgan fingerprint density at radius 2 is 1.84 bits per heavy atom. The number of hydrogen-bond donors (Lipinski definition) is 0. The first-order valence-electron chi connectivity index (χ1n) is 8.97. The fourth-order valence-electron chi connectivity index (χ4n) is 3.75. The number of benzene rings is 1. The van der Waals surface area contributed by atoms with E-state index in [4.69, 9.17) is 0 Å². The highest BCUT2D eigenvalue weighted by Crippen LogP contribution is 2.26. The van der Waals surface area contributed by atoms with Crippen molar-refractivity contribution in [2.45, 2.75) is 50.3 Å². The maximum Gasteiger partial charge on any atom is 0.222 e. The summed E-state index contributed by atoms with van der Waals surface area (Å²) in [6, 6.07) is 5.58. The van der Waals surface area contributed by atoms with Gasteiger partial charge in [0.25, 0.3) is 0 Å². The largest absolute Gasteiger partial charge is 0.343 e. The van der Waals surface area contributed by atoms with Gasteiger partial charge in [-0.15, -0.1) is 0 Å². The lowest BCUT2D eigenvalue weighted by molar-refractivity contribution is -0.127. The molecular formula is C18H25FN2O3S. The van der Waals surface area contributed by atoms with Gasteiger partial charge in [0.1, 0.15) is 5.82 Å². The molecule has 3 rings (SSSR count). The Labute approximate surface area is 148 Å². The molecule has 2 aliphatic rings. The zero-order valence-corrected chi connectivity index (χ0v) is 15.2. The van der Waals surface area contributed by atoms with Gasteiger partial charge in [0.05, 0.1) is 5.75 Å². The van der Waals surface area contributed by atoms with Gasteiger partial charge in [0.2, 0.25) is 15.9 Å². The number of amides is 1. The molecule has 2 heterocycles. The summed E-state index contributed by atoms with van der Waals surface area (Å²) < 4.78 is 40.4. The fourth-order valence-corrected chi connectivity index (χ4v) is 5.60. The third-order valence-corrected chi connectivity index (χ3v) is 6.99. The lowest BCUT2D eigenvalue weighted by atomic mass is 10.0. The molecule has 0 aromatic heterocycles. The van der Waals surface area contributed by atoms with Crippen LogP contribution in [-0.4, -0.2) is 49.2 Å². The predicted octanol–water partition coefficient (Wildman–Crippen LogP) is 2.52. The summed E-state index contributed by atoms with van der Waals surface area (Å²) >= 11 is 0. The van der Waals surface area contributed by atoms with Gasteiger partial charge in [-0.3, -0.25) is 4.79 Å². The van der Waals surface area contributed by atoms with Gasteiger partial charge in [0.15, 0.2) is 0 Å². The molecule has 2 aliphatic heterocycles. The van der Waals surface area contributed by atoms with Crippen LogP contribution in [0.4, 0.5) is 4.39 Å². The van der Waals surface area contributed by atoms with Gasteiger partial charge in [-0.05, 0) is 43.4 Å². The van der Waals surface area contributed by atoms with Gasteiger partial charge >= 0.3 is 0 Å². The highest BCUT2D eigenvalue weighted by atomic mass is 32.2. The van der Waals surface area contributed by atoms with Crippen LogP contribution in [0.2, 0.25) is 0 Å². The SMILES string of the molecule is O=C1CCCN1CC[C@H]1CCCCN1S(=O)(=O)Cc1ccc(F)cc1. The second-order valence-corrected chi connectivity index (χ2v) is 8.84. The first-order valence-corrected chi connectivity index (χ1v) is 10.6. The summed E-state index contributed by atoms with van der Waals surface area (Å²) in [5.74, 6) is -0.296. The Balaban J connectivity index is 1.66. The van der Waals surface area contributed by atoms with E-state index < -0.39 is 10.0 Å². The molecule has 0 unspecified atom stereocenters. The molecular weight excluding hydrogens is 343 g/mol. The van der Waals surface area contributed by atoms with Gasteiger partial charge in [-0.1, -0.05) is 18.6 Å². The molecule has 0 spiro atoms. The zero-order valence-electron chi connectivity index (χ0n) is 14.4. The summed E-state index contributed by atoms with van der Waals surface area (Å²) in [5, 5.41) is 0. The number of carbonyl (C=O) groups excluding carboxylic acids is 1. The maximum absolute atomic E-state index is 13.0. The van der Waals surface area contributed by atoms with Crippen molar-refractivity contribution < 1.29 is 17.6 Å². The van der Waals surface area contributed by atoms with E-state index in [1.54, 1.807) is 4.31 Å². The van der Waals surface area contributed by atoms with Crippen molar-refractivity contribution in [3.05, 3.63) is 35.6 Å². The minimum absolute atomic E-state index is 0.0485. The minimum atomic E-state index is -3.45. The highest BCUT2D eigenvalue weighted by molar-refractivity contribution is 7.88. The number of carbonyl (C=O) groups is 1. The number of halogens is 1. The second kappa shape index (κ2) is 7.83. The molecule has 25 heavy (non-hydrogen) atoms. The van der Waals surface area contributed by atoms with Crippen LogP contribution in [0.3, 0.4) is 0 Å². The minimum Gasteiger partial charge on any atom is -0.343 e. The molecule has 0 aliphatic carbocycles. The standard InChI is InChI=1S/C18H25FN2O3S/c19-16-8-6-15(7-9-16)14-25(23,24)21-12-2-1-4-17(21)10-13-20-11-3-5-18(20)22/h6-9,17H,1-5,10-14H2/t17-/m1/s1. The van der Waals surface area contributed by atoms with Crippen molar-refractivity contribution in [1.29, 1.82) is 0 Å². The summed E-state index contributed by atoms with van der Waals surface area (Å²) in [4.78, 5) is 13.6.